The summed E-state index contributed by atoms with van der Waals surface area (Å²) < 4.78 is 39.6. The molecule has 0 spiro atoms. The van der Waals surface area contributed by atoms with Crippen molar-refractivity contribution in [3.63, 3.8) is 0 Å². The van der Waals surface area contributed by atoms with Gasteiger partial charge in [-0.3, -0.25) is 9.52 Å². The molecule has 0 aliphatic carbocycles. The van der Waals surface area contributed by atoms with E-state index in [2.05, 4.69) is 14.9 Å². The predicted molar refractivity (Wildman–Crippen MR) is 131 cm³/mol. The van der Waals surface area contributed by atoms with E-state index >= 15 is 0 Å². The fraction of sp³-hybridized carbons (Fsp3) is 0.240. The molecule has 0 radical (unpaired) electrons. The van der Waals surface area contributed by atoms with Crippen LogP contribution in [0.2, 0.25) is 0 Å². The lowest BCUT2D eigenvalue weighted by molar-refractivity contribution is 0.102. The van der Waals surface area contributed by atoms with Crippen LogP contribution in [0, 0.1) is 0 Å². The van der Waals surface area contributed by atoms with Crippen molar-refractivity contribution in [1.29, 1.82) is 0 Å². The molecule has 1 saturated heterocycles. The summed E-state index contributed by atoms with van der Waals surface area (Å²) in [6.07, 6.45) is 2.32. The number of amides is 1. The molecule has 0 bridgehead atoms. The number of benzene rings is 3. The summed E-state index contributed by atoms with van der Waals surface area (Å²) in [5.41, 5.74) is 2.11. The van der Waals surface area contributed by atoms with Crippen LogP contribution >= 0.6 is 0 Å². The molecule has 1 amide bonds. The van der Waals surface area contributed by atoms with Crippen LogP contribution < -0.4 is 24.4 Å². The number of fused-ring (bicyclic) bond motifs is 1. The Morgan fingerprint density at radius 3 is 2.44 bits per heavy atom. The zero-order chi connectivity index (χ0) is 23.5. The highest BCUT2D eigenvalue weighted by atomic mass is 32.2. The summed E-state index contributed by atoms with van der Waals surface area (Å²) in [5, 5.41) is 2.89. The van der Waals surface area contributed by atoms with Gasteiger partial charge in [0, 0.05) is 30.5 Å². The molecule has 2 aliphatic heterocycles. The maximum Gasteiger partial charge on any atom is 0.262 e. The number of hydrogen-bond donors (Lipinski definition) is 2. The van der Waals surface area contributed by atoms with E-state index in [-0.39, 0.29) is 16.1 Å². The molecule has 3 aromatic carbocycles. The van der Waals surface area contributed by atoms with Gasteiger partial charge in [-0.15, -0.1) is 0 Å². The van der Waals surface area contributed by atoms with Crippen molar-refractivity contribution in [3.05, 3.63) is 72.3 Å². The van der Waals surface area contributed by atoms with E-state index in [4.69, 9.17) is 9.47 Å². The van der Waals surface area contributed by atoms with Crippen molar-refractivity contribution < 1.29 is 22.7 Å². The molecule has 0 aromatic heterocycles. The van der Waals surface area contributed by atoms with Crippen molar-refractivity contribution in [2.45, 2.75) is 17.7 Å². The van der Waals surface area contributed by atoms with Gasteiger partial charge < -0.3 is 19.7 Å². The fourth-order valence-corrected chi connectivity index (χ4v) is 5.21. The topological polar surface area (TPSA) is 97.0 Å². The molecule has 8 nitrogen and oxygen atoms in total. The zero-order valence-corrected chi connectivity index (χ0v) is 19.3. The number of sulfonamides is 1. The minimum atomic E-state index is -3.97. The zero-order valence-electron chi connectivity index (χ0n) is 18.5. The minimum Gasteiger partial charge on any atom is -0.486 e. The van der Waals surface area contributed by atoms with Crippen LogP contribution in [-0.2, 0) is 10.0 Å². The monoisotopic (exact) mass is 479 g/mol. The van der Waals surface area contributed by atoms with Gasteiger partial charge in [-0.05, 0) is 55.3 Å². The normalized spacial score (nSPS) is 15.1. The molecular weight excluding hydrogens is 454 g/mol. The highest BCUT2D eigenvalue weighted by molar-refractivity contribution is 7.92. The summed E-state index contributed by atoms with van der Waals surface area (Å²) in [6.45, 7) is 2.77. The number of carbonyl (C=O) groups is 1. The second-order valence-corrected chi connectivity index (χ2v) is 9.84. The standard InChI is InChI=1S/C25H25N3O5S/c29-25(26-18-6-5-7-19(16-18)28-12-3-4-13-28)21-8-1-2-9-22(21)27-34(30,31)20-10-11-23-24(17-20)33-15-14-32-23/h1-2,5-11,16-17,27H,3-4,12-15H2,(H,26,29). The number of para-hydroxylation sites is 1. The van der Waals surface area contributed by atoms with Crippen LogP contribution in [0.5, 0.6) is 11.5 Å². The second-order valence-electron chi connectivity index (χ2n) is 8.16. The maximum absolute atomic E-state index is 13.1. The third-order valence-corrected chi connectivity index (χ3v) is 7.18. The van der Waals surface area contributed by atoms with Gasteiger partial charge in [0.05, 0.1) is 16.1 Å². The van der Waals surface area contributed by atoms with Crippen LogP contribution in [0.3, 0.4) is 0 Å². The third kappa shape index (κ3) is 4.65. The molecule has 3 aromatic rings. The molecule has 0 unspecified atom stereocenters. The molecule has 0 atom stereocenters. The Morgan fingerprint density at radius 1 is 0.853 bits per heavy atom. The molecule has 1 fully saturated rings. The van der Waals surface area contributed by atoms with Gasteiger partial charge in [-0.2, -0.15) is 0 Å². The first-order valence-electron chi connectivity index (χ1n) is 11.2. The summed E-state index contributed by atoms with van der Waals surface area (Å²) in [7, 11) is -3.97. The molecule has 2 heterocycles. The van der Waals surface area contributed by atoms with E-state index in [1.807, 2.05) is 24.3 Å². The van der Waals surface area contributed by atoms with E-state index in [9.17, 15) is 13.2 Å². The number of nitrogens with one attached hydrogen (secondary N) is 2. The van der Waals surface area contributed by atoms with E-state index < -0.39 is 15.9 Å². The third-order valence-electron chi connectivity index (χ3n) is 5.82. The highest BCUT2D eigenvalue weighted by Crippen LogP contribution is 2.33. The van der Waals surface area contributed by atoms with Gasteiger partial charge in [0.25, 0.3) is 15.9 Å². The SMILES string of the molecule is O=C(Nc1cccc(N2CCCC2)c1)c1ccccc1NS(=O)(=O)c1ccc2c(c1)OCCO2. The minimum absolute atomic E-state index is 0.0188. The molecule has 176 valence electrons. The molecule has 2 aliphatic rings. The number of rotatable bonds is 6. The molecular formula is C25H25N3O5S. The quantitative estimate of drug-likeness (QED) is 0.552. The van der Waals surface area contributed by atoms with Gasteiger partial charge in [0.2, 0.25) is 0 Å². The van der Waals surface area contributed by atoms with E-state index in [0.717, 1.165) is 31.6 Å². The molecule has 2 N–H and O–H groups in total. The van der Waals surface area contributed by atoms with E-state index in [1.54, 1.807) is 30.3 Å². The van der Waals surface area contributed by atoms with Crippen molar-refractivity contribution >= 4 is 33.0 Å². The lowest BCUT2D eigenvalue weighted by Gasteiger charge is -2.19. The Kier molecular flexibility index (Phi) is 6.02. The van der Waals surface area contributed by atoms with Crippen molar-refractivity contribution in [2.75, 3.05) is 41.2 Å². The summed E-state index contributed by atoms with van der Waals surface area (Å²) in [4.78, 5) is 15.4. The van der Waals surface area contributed by atoms with Crippen molar-refractivity contribution in [1.82, 2.24) is 0 Å². The number of ether oxygens (including phenoxy) is 2. The Bertz CT molecular complexity index is 1320. The Labute approximate surface area is 198 Å². The molecule has 9 heteroatoms. The van der Waals surface area contributed by atoms with E-state index in [0.29, 0.717) is 30.4 Å². The molecule has 5 rings (SSSR count). The van der Waals surface area contributed by atoms with Crippen LogP contribution in [0.1, 0.15) is 23.2 Å². The van der Waals surface area contributed by atoms with Gasteiger partial charge in [-0.25, -0.2) is 8.42 Å². The van der Waals surface area contributed by atoms with Crippen molar-refractivity contribution in [2.24, 2.45) is 0 Å². The van der Waals surface area contributed by atoms with E-state index in [1.165, 1.54) is 12.1 Å². The van der Waals surface area contributed by atoms with Crippen molar-refractivity contribution in [3.8, 4) is 11.5 Å². The first-order chi connectivity index (χ1) is 16.5. The Hall–Kier alpha value is -3.72. The lowest BCUT2D eigenvalue weighted by atomic mass is 10.1. The van der Waals surface area contributed by atoms with Crippen LogP contribution in [0.15, 0.2) is 71.6 Å². The summed E-state index contributed by atoms with van der Waals surface area (Å²) in [5.74, 6) is 0.471. The number of hydrogen-bond acceptors (Lipinski definition) is 6. The van der Waals surface area contributed by atoms with Gasteiger partial charge in [0.15, 0.2) is 11.5 Å². The lowest BCUT2D eigenvalue weighted by Crippen LogP contribution is -2.20. The largest absolute Gasteiger partial charge is 0.486 e. The molecule has 0 saturated carbocycles. The van der Waals surface area contributed by atoms with Gasteiger partial charge in [0.1, 0.15) is 13.2 Å². The number of nitrogens with zero attached hydrogens (tertiary/aromatic N) is 1. The second kappa shape index (κ2) is 9.26. The van der Waals surface area contributed by atoms with Crippen LogP contribution in [0.25, 0.3) is 0 Å². The van der Waals surface area contributed by atoms with Crippen LogP contribution in [0.4, 0.5) is 17.1 Å². The average Bonchev–Trinajstić information content (AvgIpc) is 3.39. The summed E-state index contributed by atoms with van der Waals surface area (Å²) in [6, 6.07) is 18.6. The smallest absolute Gasteiger partial charge is 0.262 e. The maximum atomic E-state index is 13.1. The fourth-order valence-electron chi connectivity index (χ4n) is 4.12. The number of anilines is 3. The number of carbonyl (C=O) groups excluding carboxylic acids is 1. The first kappa shape index (κ1) is 22.1. The van der Waals surface area contributed by atoms with Gasteiger partial charge in [-0.1, -0.05) is 18.2 Å². The van der Waals surface area contributed by atoms with Gasteiger partial charge >= 0.3 is 0 Å². The highest BCUT2D eigenvalue weighted by Gasteiger charge is 2.22. The van der Waals surface area contributed by atoms with Crippen LogP contribution in [-0.4, -0.2) is 40.6 Å². The summed E-state index contributed by atoms with van der Waals surface area (Å²) >= 11 is 0. The average molecular weight is 480 g/mol. The molecule has 34 heavy (non-hydrogen) atoms. The Balaban J connectivity index is 1.36. The first-order valence-corrected chi connectivity index (χ1v) is 12.7. The predicted octanol–water partition coefficient (Wildman–Crippen LogP) is 4.11. The Morgan fingerprint density at radius 2 is 1.62 bits per heavy atom.